The highest BCUT2D eigenvalue weighted by molar-refractivity contribution is 5.70. The van der Waals surface area contributed by atoms with Crippen LogP contribution in [0.5, 0.6) is 11.8 Å². The molecule has 0 bridgehead atoms. The Balaban J connectivity index is 2.26. The van der Waals surface area contributed by atoms with Crippen LogP contribution >= 0.6 is 0 Å². The molecule has 5 nitrogen and oxygen atoms in total. The van der Waals surface area contributed by atoms with Crippen molar-refractivity contribution in [3.8, 4) is 23.0 Å². The van der Waals surface area contributed by atoms with E-state index in [9.17, 15) is 4.79 Å². The van der Waals surface area contributed by atoms with Crippen molar-refractivity contribution in [2.24, 2.45) is 0 Å². The standard InChI is InChI=1S/C16H18N2O3/c1-3-20-14-13-12-8-6-5-7-11(12)9-10-18(13)16(19)15(17-14)21-4-2/h5-8H,3-4,9-10H2,1-2H3. The quantitative estimate of drug-likeness (QED) is 0.865. The van der Waals surface area contributed by atoms with Crippen LogP contribution in [0.3, 0.4) is 0 Å². The lowest BCUT2D eigenvalue weighted by Gasteiger charge is -2.23. The highest BCUT2D eigenvalue weighted by Gasteiger charge is 2.24. The van der Waals surface area contributed by atoms with Crippen LogP contribution in [-0.4, -0.2) is 22.8 Å². The van der Waals surface area contributed by atoms with Crippen molar-refractivity contribution in [2.75, 3.05) is 13.2 Å². The van der Waals surface area contributed by atoms with Gasteiger partial charge in [0.1, 0.15) is 5.69 Å². The maximum absolute atomic E-state index is 12.5. The van der Waals surface area contributed by atoms with E-state index >= 15 is 0 Å². The second-order valence-corrected chi connectivity index (χ2v) is 4.80. The molecule has 1 aromatic heterocycles. The molecule has 0 N–H and O–H groups in total. The van der Waals surface area contributed by atoms with Crippen molar-refractivity contribution in [3.05, 3.63) is 40.2 Å². The van der Waals surface area contributed by atoms with Gasteiger partial charge in [-0.25, -0.2) is 0 Å². The Kier molecular flexibility index (Phi) is 3.64. The van der Waals surface area contributed by atoms with Crippen LogP contribution in [0.4, 0.5) is 0 Å². The van der Waals surface area contributed by atoms with Crippen LogP contribution in [-0.2, 0) is 13.0 Å². The molecule has 1 aliphatic heterocycles. The Bertz CT molecular complexity index is 722. The highest BCUT2D eigenvalue weighted by atomic mass is 16.5. The molecule has 0 saturated carbocycles. The zero-order chi connectivity index (χ0) is 14.8. The Morgan fingerprint density at radius 3 is 2.62 bits per heavy atom. The maximum atomic E-state index is 12.5. The summed E-state index contributed by atoms with van der Waals surface area (Å²) in [4.78, 5) is 16.8. The summed E-state index contributed by atoms with van der Waals surface area (Å²) in [5, 5.41) is 0. The molecule has 0 spiro atoms. The van der Waals surface area contributed by atoms with Crippen LogP contribution < -0.4 is 15.0 Å². The summed E-state index contributed by atoms with van der Waals surface area (Å²) < 4.78 is 12.7. The van der Waals surface area contributed by atoms with Gasteiger partial charge in [-0.05, 0) is 25.8 Å². The number of benzene rings is 1. The third kappa shape index (κ3) is 2.28. The van der Waals surface area contributed by atoms with Gasteiger partial charge in [-0.3, -0.25) is 9.36 Å². The zero-order valence-electron chi connectivity index (χ0n) is 12.3. The molecule has 1 aliphatic rings. The van der Waals surface area contributed by atoms with E-state index in [2.05, 4.69) is 11.1 Å². The monoisotopic (exact) mass is 286 g/mol. The van der Waals surface area contributed by atoms with Gasteiger partial charge in [-0.2, -0.15) is 4.98 Å². The Hall–Kier alpha value is -2.30. The molecule has 2 aromatic rings. The largest absolute Gasteiger partial charge is 0.476 e. The summed E-state index contributed by atoms with van der Waals surface area (Å²) in [6, 6.07) is 8.06. The first-order chi connectivity index (χ1) is 10.3. The molecule has 0 fully saturated rings. The number of hydrogen-bond donors (Lipinski definition) is 0. The van der Waals surface area contributed by atoms with Crippen LogP contribution in [0, 0.1) is 0 Å². The van der Waals surface area contributed by atoms with Crippen molar-refractivity contribution in [3.63, 3.8) is 0 Å². The zero-order valence-corrected chi connectivity index (χ0v) is 12.3. The van der Waals surface area contributed by atoms with Crippen LogP contribution in [0.2, 0.25) is 0 Å². The molecule has 0 atom stereocenters. The molecule has 1 aromatic carbocycles. The number of fused-ring (bicyclic) bond motifs is 3. The lowest BCUT2D eigenvalue weighted by molar-refractivity contribution is 0.289. The number of aromatic nitrogens is 2. The van der Waals surface area contributed by atoms with E-state index in [1.807, 2.05) is 32.0 Å². The van der Waals surface area contributed by atoms with E-state index in [1.54, 1.807) is 4.57 Å². The number of hydrogen-bond acceptors (Lipinski definition) is 4. The molecule has 0 amide bonds. The normalized spacial score (nSPS) is 12.5. The Morgan fingerprint density at radius 2 is 1.86 bits per heavy atom. The van der Waals surface area contributed by atoms with Gasteiger partial charge in [0, 0.05) is 12.1 Å². The molecule has 2 heterocycles. The summed E-state index contributed by atoms with van der Waals surface area (Å²) in [7, 11) is 0. The minimum Gasteiger partial charge on any atom is -0.476 e. The molecular formula is C16H18N2O3. The minimum absolute atomic E-state index is 0.115. The first-order valence-corrected chi connectivity index (χ1v) is 7.25. The Labute approximate surface area is 123 Å². The van der Waals surface area contributed by atoms with Gasteiger partial charge in [-0.15, -0.1) is 0 Å². The van der Waals surface area contributed by atoms with Crippen LogP contribution in [0.15, 0.2) is 29.1 Å². The molecule has 5 heteroatoms. The maximum Gasteiger partial charge on any atom is 0.313 e. The third-order valence-electron chi connectivity index (χ3n) is 3.54. The van der Waals surface area contributed by atoms with E-state index in [4.69, 9.17) is 9.47 Å². The summed E-state index contributed by atoms with van der Waals surface area (Å²) in [5.74, 6) is 0.580. The first kappa shape index (κ1) is 13.7. The third-order valence-corrected chi connectivity index (χ3v) is 3.54. The summed E-state index contributed by atoms with van der Waals surface area (Å²) >= 11 is 0. The number of nitrogens with zero attached hydrogens (tertiary/aromatic N) is 2. The number of rotatable bonds is 4. The van der Waals surface area contributed by atoms with Crippen molar-refractivity contribution in [1.29, 1.82) is 0 Å². The van der Waals surface area contributed by atoms with Crippen LogP contribution in [0.25, 0.3) is 11.3 Å². The van der Waals surface area contributed by atoms with E-state index in [-0.39, 0.29) is 11.4 Å². The molecule has 0 unspecified atom stereocenters. The predicted molar refractivity (Wildman–Crippen MR) is 80.0 cm³/mol. The molecule has 0 aliphatic carbocycles. The molecule has 0 radical (unpaired) electrons. The molecular weight excluding hydrogens is 268 g/mol. The van der Waals surface area contributed by atoms with Gasteiger partial charge in [0.2, 0.25) is 5.88 Å². The van der Waals surface area contributed by atoms with E-state index in [0.29, 0.717) is 25.6 Å². The lowest BCUT2D eigenvalue weighted by atomic mass is 9.98. The second-order valence-electron chi connectivity index (χ2n) is 4.80. The van der Waals surface area contributed by atoms with Gasteiger partial charge in [0.15, 0.2) is 0 Å². The molecule has 3 rings (SSSR count). The van der Waals surface area contributed by atoms with Gasteiger partial charge < -0.3 is 9.47 Å². The molecule has 21 heavy (non-hydrogen) atoms. The second kappa shape index (κ2) is 5.60. The highest BCUT2D eigenvalue weighted by Crippen LogP contribution is 2.34. The minimum atomic E-state index is -0.190. The first-order valence-electron chi connectivity index (χ1n) is 7.25. The summed E-state index contributed by atoms with van der Waals surface area (Å²) in [6.45, 7) is 5.25. The predicted octanol–water partition coefficient (Wildman–Crippen LogP) is 2.26. The number of aryl methyl sites for hydroxylation is 1. The van der Waals surface area contributed by atoms with Gasteiger partial charge in [0.25, 0.3) is 5.88 Å². The topological polar surface area (TPSA) is 53.4 Å². The summed E-state index contributed by atoms with van der Waals surface area (Å²) in [5.41, 5.74) is 2.79. The molecule has 0 saturated heterocycles. The molecule has 110 valence electrons. The van der Waals surface area contributed by atoms with Gasteiger partial charge in [-0.1, -0.05) is 24.3 Å². The van der Waals surface area contributed by atoms with Crippen molar-refractivity contribution in [2.45, 2.75) is 26.8 Å². The lowest BCUT2D eigenvalue weighted by Crippen LogP contribution is -2.29. The Morgan fingerprint density at radius 1 is 1.14 bits per heavy atom. The number of ether oxygens (including phenoxy) is 2. The fourth-order valence-electron chi connectivity index (χ4n) is 2.67. The van der Waals surface area contributed by atoms with Crippen LogP contribution in [0.1, 0.15) is 19.4 Å². The van der Waals surface area contributed by atoms with Crippen molar-refractivity contribution < 1.29 is 9.47 Å². The van der Waals surface area contributed by atoms with Crippen molar-refractivity contribution >= 4 is 0 Å². The average Bonchev–Trinajstić information content (AvgIpc) is 2.51. The van der Waals surface area contributed by atoms with Gasteiger partial charge >= 0.3 is 5.56 Å². The fraction of sp³-hybridized carbons (Fsp3) is 0.375. The average molecular weight is 286 g/mol. The van der Waals surface area contributed by atoms with Gasteiger partial charge in [0.05, 0.1) is 13.2 Å². The summed E-state index contributed by atoms with van der Waals surface area (Å²) in [6.07, 6.45) is 0.824. The van der Waals surface area contributed by atoms with E-state index in [1.165, 1.54) is 5.56 Å². The van der Waals surface area contributed by atoms with Crippen molar-refractivity contribution in [1.82, 2.24) is 9.55 Å². The SMILES string of the molecule is CCOc1nc(OCC)c(=O)n2c1-c1ccccc1CC2. The smallest absolute Gasteiger partial charge is 0.313 e. The van der Waals surface area contributed by atoms with E-state index < -0.39 is 0 Å². The fourth-order valence-corrected chi connectivity index (χ4v) is 2.67. The van der Waals surface area contributed by atoms with E-state index in [0.717, 1.165) is 17.7 Å².